The van der Waals surface area contributed by atoms with Gasteiger partial charge in [-0.1, -0.05) is 30.6 Å². The third-order valence-corrected chi connectivity index (χ3v) is 2.25. The van der Waals surface area contributed by atoms with Crippen LogP contribution in [0.15, 0.2) is 41.0 Å². The van der Waals surface area contributed by atoms with Crippen molar-refractivity contribution in [3.8, 4) is 0 Å². The zero-order valence-electron chi connectivity index (χ0n) is 9.86. The molecule has 2 rings (SSSR count). The van der Waals surface area contributed by atoms with Crippen LogP contribution < -0.4 is 0 Å². The first kappa shape index (κ1) is 12.7. The van der Waals surface area contributed by atoms with Crippen molar-refractivity contribution in [2.24, 2.45) is 0 Å². The topological polar surface area (TPSA) is 0 Å². The van der Waals surface area contributed by atoms with Gasteiger partial charge in [0.1, 0.15) is 0 Å². The SMILES string of the molecule is FC(F)(F)C1=CC[C-]=C1C1=CC=CC1.[H-].[H-].[Zr+3]. The van der Waals surface area contributed by atoms with Crippen molar-refractivity contribution in [2.45, 2.75) is 19.0 Å². The minimum atomic E-state index is -4.25. The van der Waals surface area contributed by atoms with Gasteiger partial charge < -0.3 is 2.85 Å². The Morgan fingerprint density at radius 2 is 2.07 bits per heavy atom. The first-order chi connectivity index (χ1) is 6.59. The largest absolute Gasteiger partial charge is 3.00 e. The summed E-state index contributed by atoms with van der Waals surface area (Å²) in [6.45, 7) is 0. The average Bonchev–Trinajstić information content (AvgIpc) is 2.73. The Balaban J connectivity index is 0. The molecule has 0 bridgehead atoms. The van der Waals surface area contributed by atoms with E-state index >= 15 is 0 Å². The summed E-state index contributed by atoms with van der Waals surface area (Å²) in [5, 5.41) is 0. The quantitative estimate of drug-likeness (QED) is 0.646. The summed E-state index contributed by atoms with van der Waals surface area (Å²) in [7, 11) is 0. The molecule has 0 heterocycles. The van der Waals surface area contributed by atoms with Gasteiger partial charge in [0.25, 0.3) is 0 Å². The zero-order valence-corrected chi connectivity index (χ0v) is 10.3. The second-order valence-corrected chi connectivity index (χ2v) is 3.20. The molecule has 2 aliphatic rings. The van der Waals surface area contributed by atoms with Gasteiger partial charge in [-0.25, -0.2) is 0 Å². The fraction of sp³-hybridized carbons (Fsp3) is 0.273. The molecule has 0 saturated carbocycles. The number of allylic oxidation sites excluding steroid dienone is 8. The third-order valence-electron chi connectivity index (χ3n) is 2.25. The fourth-order valence-corrected chi connectivity index (χ4v) is 1.63. The van der Waals surface area contributed by atoms with Crippen LogP contribution in [0, 0.1) is 6.08 Å². The van der Waals surface area contributed by atoms with E-state index in [0.29, 0.717) is 12.0 Å². The summed E-state index contributed by atoms with van der Waals surface area (Å²) in [6, 6.07) is 0. The molecule has 0 saturated heterocycles. The Morgan fingerprint density at radius 3 is 2.60 bits per heavy atom. The van der Waals surface area contributed by atoms with Crippen molar-refractivity contribution in [2.75, 3.05) is 0 Å². The molecule has 0 unspecified atom stereocenters. The number of hydrogen-bond acceptors (Lipinski definition) is 0. The zero-order chi connectivity index (χ0) is 10.2. The molecule has 4 heteroatoms. The van der Waals surface area contributed by atoms with Crippen LogP contribution in [-0.4, -0.2) is 6.18 Å². The van der Waals surface area contributed by atoms with Gasteiger partial charge in [-0.3, -0.25) is 0 Å². The Morgan fingerprint density at radius 1 is 1.33 bits per heavy atom. The number of alkyl halides is 3. The van der Waals surface area contributed by atoms with Gasteiger partial charge in [0.2, 0.25) is 0 Å². The fourth-order valence-electron chi connectivity index (χ4n) is 1.63. The standard InChI is InChI=1S/C11H8F3.Zr.2H/c12-11(13,14)10-7-3-6-9(10)8-4-1-2-5-8;;;/h1-2,4,7H,3,5H2;;;/q-1;+3;2*-1. The summed E-state index contributed by atoms with van der Waals surface area (Å²) >= 11 is 0. The maximum absolute atomic E-state index is 12.5. The molecule has 0 spiro atoms. The van der Waals surface area contributed by atoms with Gasteiger partial charge in [0.05, 0.1) is 0 Å². The van der Waals surface area contributed by atoms with Gasteiger partial charge in [0, 0.05) is 0 Å². The summed E-state index contributed by atoms with van der Waals surface area (Å²) in [5.41, 5.74) is 0.418. The van der Waals surface area contributed by atoms with E-state index < -0.39 is 11.7 Å². The Bertz CT molecular complexity index is 379. The molecule has 0 fully saturated rings. The summed E-state index contributed by atoms with van der Waals surface area (Å²) in [5.74, 6) is 0. The molecule has 0 aromatic rings. The maximum atomic E-state index is 12.5. The van der Waals surface area contributed by atoms with Crippen molar-refractivity contribution >= 4 is 0 Å². The molecule has 0 aromatic carbocycles. The molecule has 0 nitrogen and oxygen atoms in total. The molecule has 1 radical (unpaired) electrons. The van der Waals surface area contributed by atoms with E-state index in [4.69, 9.17) is 0 Å². The van der Waals surface area contributed by atoms with E-state index in [9.17, 15) is 13.2 Å². The molecular weight excluding hydrogens is 280 g/mol. The van der Waals surface area contributed by atoms with Gasteiger partial charge in [-0.05, 0) is 0 Å². The molecule has 15 heavy (non-hydrogen) atoms. The van der Waals surface area contributed by atoms with Crippen LogP contribution in [0.5, 0.6) is 0 Å². The molecule has 2 aliphatic carbocycles. The summed E-state index contributed by atoms with van der Waals surface area (Å²) in [6.07, 6.45) is 5.87. The van der Waals surface area contributed by atoms with E-state index in [-0.39, 0.29) is 41.1 Å². The Kier molecular flexibility index (Phi) is 3.94. The van der Waals surface area contributed by atoms with Crippen molar-refractivity contribution < 1.29 is 42.2 Å². The monoisotopic (exact) mass is 289 g/mol. The summed E-state index contributed by atoms with van der Waals surface area (Å²) in [4.78, 5) is 0. The van der Waals surface area contributed by atoms with Gasteiger partial charge >= 0.3 is 32.4 Å². The van der Waals surface area contributed by atoms with Crippen molar-refractivity contribution in [3.05, 3.63) is 47.1 Å². The van der Waals surface area contributed by atoms with Gasteiger partial charge in [-0.15, -0.1) is 17.7 Å². The number of halogens is 3. The normalized spacial score (nSPS) is 19.5. The second-order valence-electron chi connectivity index (χ2n) is 3.20. The van der Waals surface area contributed by atoms with Crippen LogP contribution >= 0.6 is 0 Å². The van der Waals surface area contributed by atoms with E-state index in [1.165, 1.54) is 6.08 Å². The first-order valence-electron chi connectivity index (χ1n) is 4.33. The molecule has 79 valence electrons. The third kappa shape index (κ3) is 2.60. The first-order valence-corrected chi connectivity index (χ1v) is 4.33. The van der Waals surface area contributed by atoms with E-state index in [0.717, 1.165) is 0 Å². The van der Waals surface area contributed by atoms with Crippen LogP contribution in [0.4, 0.5) is 13.2 Å². The van der Waals surface area contributed by atoms with Crippen LogP contribution in [0.3, 0.4) is 0 Å². The van der Waals surface area contributed by atoms with E-state index in [2.05, 4.69) is 6.08 Å². The Labute approximate surface area is 108 Å². The van der Waals surface area contributed by atoms with Gasteiger partial charge in [-0.2, -0.15) is 24.8 Å². The number of rotatable bonds is 1. The van der Waals surface area contributed by atoms with Crippen molar-refractivity contribution in [3.63, 3.8) is 0 Å². The van der Waals surface area contributed by atoms with Gasteiger partial charge in [0.15, 0.2) is 0 Å². The molecule has 0 amide bonds. The van der Waals surface area contributed by atoms with E-state index in [1.807, 2.05) is 6.08 Å². The maximum Gasteiger partial charge on any atom is 3.00 e. The molecule has 0 aliphatic heterocycles. The summed E-state index contributed by atoms with van der Waals surface area (Å²) < 4.78 is 37.5. The van der Waals surface area contributed by atoms with Crippen LogP contribution in [0.1, 0.15) is 15.7 Å². The molecule has 0 aromatic heterocycles. The second kappa shape index (κ2) is 4.65. The Hall–Kier alpha value is -0.367. The minimum Gasteiger partial charge on any atom is -1.00 e. The predicted molar refractivity (Wildman–Crippen MR) is 49.6 cm³/mol. The van der Waals surface area contributed by atoms with Crippen molar-refractivity contribution in [1.82, 2.24) is 0 Å². The molecular formula is C11H10F3Zr. The van der Waals surface area contributed by atoms with Crippen LogP contribution in [0.2, 0.25) is 0 Å². The van der Waals surface area contributed by atoms with Crippen molar-refractivity contribution in [1.29, 1.82) is 0 Å². The molecule has 0 N–H and O–H groups in total. The predicted octanol–water partition coefficient (Wildman–Crippen LogP) is 3.72. The van der Waals surface area contributed by atoms with Crippen LogP contribution in [-0.2, 0) is 26.2 Å². The molecule has 0 atom stereocenters. The smallest absolute Gasteiger partial charge is 1.00 e. The van der Waals surface area contributed by atoms with E-state index in [1.54, 1.807) is 12.2 Å². The average molecular weight is 290 g/mol. The minimum absolute atomic E-state index is 0. The number of hydrogen-bond donors (Lipinski definition) is 0. The van der Waals surface area contributed by atoms with Crippen LogP contribution in [0.25, 0.3) is 0 Å².